The lowest BCUT2D eigenvalue weighted by Gasteiger charge is -2.30. The Hall–Kier alpha value is -2.63. The smallest absolute Gasteiger partial charge is 0.306 e. The number of carbonyl (C=O) groups excluding carboxylic acids is 1. The average molecular weight is 327 g/mol. The molecule has 3 rings (SSSR count). The van der Waals surface area contributed by atoms with Crippen LogP contribution < -0.4 is 0 Å². The molecule has 6 heteroatoms. The molecule has 0 saturated carbocycles. The second-order valence-corrected chi connectivity index (χ2v) is 6.19. The Morgan fingerprint density at radius 3 is 2.50 bits per heavy atom. The highest BCUT2D eigenvalue weighted by Crippen LogP contribution is 2.20. The van der Waals surface area contributed by atoms with Gasteiger partial charge in [-0.3, -0.25) is 14.3 Å². The summed E-state index contributed by atoms with van der Waals surface area (Å²) in [4.78, 5) is 25.4. The number of hydrogen-bond acceptors (Lipinski definition) is 3. The molecule has 1 aromatic carbocycles. The fraction of sp³-hybridized carbons (Fsp3) is 0.389. The van der Waals surface area contributed by atoms with Crippen molar-refractivity contribution in [3.05, 3.63) is 53.3 Å². The first-order valence-electron chi connectivity index (χ1n) is 8.14. The number of carbonyl (C=O) groups is 2. The van der Waals surface area contributed by atoms with Crippen LogP contribution in [0.4, 0.5) is 0 Å². The minimum atomic E-state index is -0.769. The van der Waals surface area contributed by atoms with E-state index in [9.17, 15) is 9.59 Å². The van der Waals surface area contributed by atoms with Crippen molar-refractivity contribution in [3.63, 3.8) is 0 Å². The third-order valence-corrected chi connectivity index (χ3v) is 4.64. The minimum Gasteiger partial charge on any atom is -0.481 e. The van der Waals surface area contributed by atoms with Crippen LogP contribution in [0.15, 0.2) is 36.5 Å². The second-order valence-electron chi connectivity index (χ2n) is 6.19. The maximum Gasteiger partial charge on any atom is 0.306 e. The minimum absolute atomic E-state index is 0.0596. The van der Waals surface area contributed by atoms with Crippen molar-refractivity contribution in [1.29, 1.82) is 0 Å². The maximum absolute atomic E-state index is 12.7. The molecule has 126 valence electrons. The second kappa shape index (κ2) is 6.86. The quantitative estimate of drug-likeness (QED) is 0.934. The zero-order valence-electron chi connectivity index (χ0n) is 13.7. The number of likely N-dealkylation sites (tertiary alicyclic amines) is 1. The van der Waals surface area contributed by atoms with Gasteiger partial charge in [0, 0.05) is 18.8 Å². The van der Waals surface area contributed by atoms with Gasteiger partial charge >= 0.3 is 5.97 Å². The van der Waals surface area contributed by atoms with Crippen LogP contribution in [0.5, 0.6) is 0 Å². The molecule has 1 aliphatic heterocycles. The first-order valence-corrected chi connectivity index (χ1v) is 8.14. The van der Waals surface area contributed by atoms with Crippen LogP contribution in [0.25, 0.3) is 0 Å². The van der Waals surface area contributed by atoms with E-state index >= 15 is 0 Å². The van der Waals surface area contributed by atoms with Crippen LogP contribution in [-0.4, -0.2) is 44.8 Å². The third-order valence-electron chi connectivity index (χ3n) is 4.64. The average Bonchev–Trinajstić information content (AvgIpc) is 2.96. The molecule has 2 heterocycles. The highest BCUT2D eigenvalue weighted by Gasteiger charge is 2.28. The molecule has 0 radical (unpaired) electrons. The number of amides is 1. The Morgan fingerprint density at radius 1 is 1.21 bits per heavy atom. The topological polar surface area (TPSA) is 75.4 Å². The molecule has 0 atom stereocenters. The number of rotatable bonds is 4. The normalized spacial score (nSPS) is 15.5. The van der Waals surface area contributed by atoms with Gasteiger partial charge < -0.3 is 10.0 Å². The Kier molecular flexibility index (Phi) is 4.64. The molecule has 1 amide bonds. The monoisotopic (exact) mass is 327 g/mol. The largest absolute Gasteiger partial charge is 0.481 e. The lowest BCUT2D eigenvalue weighted by Crippen LogP contribution is -2.40. The summed E-state index contributed by atoms with van der Waals surface area (Å²) in [7, 11) is 0. The van der Waals surface area contributed by atoms with E-state index in [0.717, 1.165) is 11.3 Å². The van der Waals surface area contributed by atoms with E-state index in [1.54, 1.807) is 11.1 Å². The standard InChI is InChI=1S/C18H21N3O3/c1-13-16(11-19-21(13)12-14-5-3-2-4-6-14)17(22)20-9-7-15(8-10-20)18(23)24/h2-6,11,15H,7-10,12H2,1H3,(H,23,24). The Morgan fingerprint density at radius 2 is 1.88 bits per heavy atom. The van der Waals surface area contributed by atoms with Gasteiger partial charge in [0.05, 0.1) is 24.2 Å². The van der Waals surface area contributed by atoms with Crippen LogP contribution in [0.1, 0.15) is 34.5 Å². The number of carboxylic acid groups (broad SMARTS) is 1. The van der Waals surface area contributed by atoms with Crippen molar-refractivity contribution in [2.45, 2.75) is 26.3 Å². The Balaban J connectivity index is 1.69. The summed E-state index contributed by atoms with van der Waals surface area (Å²) in [5.41, 5.74) is 2.56. The molecule has 1 aliphatic rings. The van der Waals surface area contributed by atoms with Crippen molar-refractivity contribution >= 4 is 11.9 Å². The molecule has 0 unspecified atom stereocenters. The van der Waals surface area contributed by atoms with Gasteiger partial charge in [0.25, 0.3) is 5.91 Å². The molecule has 2 aromatic rings. The highest BCUT2D eigenvalue weighted by molar-refractivity contribution is 5.95. The van der Waals surface area contributed by atoms with E-state index in [-0.39, 0.29) is 11.8 Å². The first-order chi connectivity index (χ1) is 11.6. The molecule has 0 spiro atoms. The number of carboxylic acids is 1. The maximum atomic E-state index is 12.7. The van der Waals surface area contributed by atoms with Crippen molar-refractivity contribution in [2.24, 2.45) is 5.92 Å². The van der Waals surface area contributed by atoms with E-state index in [0.29, 0.717) is 38.0 Å². The summed E-state index contributed by atoms with van der Waals surface area (Å²) >= 11 is 0. The zero-order valence-corrected chi connectivity index (χ0v) is 13.7. The molecule has 1 aromatic heterocycles. The summed E-state index contributed by atoms with van der Waals surface area (Å²) in [6.45, 7) is 3.49. The number of benzene rings is 1. The van der Waals surface area contributed by atoms with Crippen molar-refractivity contribution in [3.8, 4) is 0 Å². The predicted molar refractivity (Wildman–Crippen MR) is 88.8 cm³/mol. The molecule has 24 heavy (non-hydrogen) atoms. The van der Waals surface area contributed by atoms with Crippen molar-refractivity contribution < 1.29 is 14.7 Å². The van der Waals surface area contributed by atoms with Crippen LogP contribution in [0.2, 0.25) is 0 Å². The summed E-state index contributed by atoms with van der Waals surface area (Å²) < 4.78 is 1.83. The lowest BCUT2D eigenvalue weighted by molar-refractivity contribution is -0.143. The summed E-state index contributed by atoms with van der Waals surface area (Å²) in [6.07, 6.45) is 2.64. The van der Waals surface area contributed by atoms with E-state index in [4.69, 9.17) is 5.11 Å². The van der Waals surface area contributed by atoms with Gasteiger partial charge in [0.15, 0.2) is 0 Å². The van der Waals surface area contributed by atoms with E-state index in [1.807, 2.05) is 41.9 Å². The van der Waals surface area contributed by atoms with E-state index in [1.165, 1.54) is 0 Å². The number of piperidine rings is 1. The summed E-state index contributed by atoms with van der Waals surface area (Å²) in [5.74, 6) is -1.17. The molecule has 1 N–H and O–H groups in total. The van der Waals surface area contributed by atoms with Crippen LogP contribution in [-0.2, 0) is 11.3 Å². The van der Waals surface area contributed by atoms with Gasteiger partial charge in [-0.25, -0.2) is 0 Å². The summed E-state index contributed by atoms with van der Waals surface area (Å²) in [5, 5.41) is 13.4. The fourth-order valence-electron chi connectivity index (χ4n) is 3.07. The van der Waals surface area contributed by atoms with E-state index in [2.05, 4.69) is 5.10 Å². The van der Waals surface area contributed by atoms with Gasteiger partial charge in [0.1, 0.15) is 0 Å². The number of nitrogens with zero attached hydrogens (tertiary/aromatic N) is 3. The number of aromatic nitrogens is 2. The first kappa shape index (κ1) is 16.2. The molecule has 6 nitrogen and oxygen atoms in total. The molecule has 1 fully saturated rings. The highest BCUT2D eigenvalue weighted by atomic mass is 16.4. The lowest BCUT2D eigenvalue weighted by atomic mass is 9.96. The van der Waals surface area contributed by atoms with Crippen LogP contribution in [0, 0.1) is 12.8 Å². The van der Waals surface area contributed by atoms with Gasteiger partial charge in [-0.05, 0) is 25.3 Å². The Bertz CT molecular complexity index is 731. The van der Waals surface area contributed by atoms with Gasteiger partial charge in [-0.15, -0.1) is 0 Å². The molecule has 1 saturated heterocycles. The van der Waals surface area contributed by atoms with Gasteiger partial charge in [-0.1, -0.05) is 30.3 Å². The van der Waals surface area contributed by atoms with Gasteiger partial charge in [0.2, 0.25) is 0 Å². The van der Waals surface area contributed by atoms with Crippen LogP contribution >= 0.6 is 0 Å². The molecule has 0 aliphatic carbocycles. The van der Waals surface area contributed by atoms with Crippen LogP contribution in [0.3, 0.4) is 0 Å². The third kappa shape index (κ3) is 3.32. The summed E-state index contributed by atoms with van der Waals surface area (Å²) in [6, 6.07) is 9.98. The molecular formula is C18H21N3O3. The SMILES string of the molecule is Cc1c(C(=O)N2CCC(C(=O)O)CC2)cnn1Cc1ccccc1. The van der Waals surface area contributed by atoms with Gasteiger partial charge in [-0.2, -0.15) is 5.10 Å². The molecule has 0 bridgehead atoms. The fourth-order valence-corrected chi connectivity index (χ4v) is 3.07. The van der Waals surface area contributed by atoms with Crippen molar-refractivity contribution in [2.75, 3.05) is 13.1 Å². The van der Waals surface area contributed by atoms with E-state index < -0.39 is 5.97 Å². The number of hydrogen-bond donors (Lipinski definition) is 1. The predicted octanol–water partition coefficient (Wildman–Crippen LogP) is 2.18. The molecular weight excluding hydrogens is 306 g/mol. The Labute approximate surface area is 140 Å². The van der Waals surface area contributed by atoms with Crippen molar-refractivity contribution in [1.82, 2.24) is 14.7 Å². The zero-order chi connectivity index (χ0) is 17.1. The number of aliphatic carboxylic acids is 1.